The van der Waals surface area contributed by atoms with Crippen LogP contribution >= 0.6 is 31.9 Å². The van der Waals surface area contributed by atoms with Crippen LogP contribution in [0.3, 0.4) is 0 Å². The Morgan fingerprint density at radius 1 is 0.900 bits per heavy atom. The number of anilines is 2. The molecule has 1 aromatic carbocycles. The Morgan fingerprint density at radius 2 is 1.20 bits per heavy atom. The molecule has 0 aliphatic rings. The van der Waals surface area contributed by atoms with Gasteiger partial charge in [0, 0.05) is 11.4 Å². The zero-order valence-electron chi connectivity index (χ0n) is 11.5. The fraction of sp³-hybridized carbons (Fsp3) is 0.429. The summed E-state index contributed by atoms with van der Waals surface area (Å²) in [7, 11) is 0. The van der Waals surface area contributed by atoms with Gasteiger partial charge in [-0.3, -0.25) is 9.59 Å². The molecule has 20 heavy (non-hydrogen) atoms. The molecular formula is C14H18Br2N2O2. The highest BCUT2D eigenvalue weighted by Gasteiger charge is 2.13. The van der Waals surface area contributed by atoms with Crippen molar-refractivity contribution in [3.05, 3.63) is 24.3 Å². The topological polar surface area (TPSA) is 58.2 Å². The van der Waals surface area contributed by atoms with Crippen molar-refractivity contribution in [1.82, 2.24) is 0 Å². The Balaban J connectivity index is 2.61. The fourth-order valence-corrected chi connectivity index (χ4v) is 1.68. The molecule has 6 heteroatoms. The molecule has 0 aliphatic heterocycles. The van der Waals surface area contributed by atoms with E-state index in [1.165, 1.54) is 0 Å². The summed E-state index contributed by atoms with van der Waals surface area (Å²) in [4.78, 5) is 23.0. The van der Waals surface area contributed by atoms with Crippen molar-refractivity contribution in [1.29, 1.82) is 0 Å². The van der Waals surface area contributed by atoms with Crippen LogP contribution < -0.4 is 10.6 Å². The number of benzene rings is 1. The number of rotatable bonds is 6. The van der Waals surface area contributed by atoms with Crippen LogP contribution in [0.2, 0.25) is 0 Å². The van der Waals surface area contributed by atoms with Gasteiger partial charge in [0.05, 0.1) is 9.65 Å². The molecule has 0 saturated heterocycles. The second-order valence-corrected chi connectivity index (χ2v) is 6.52. The summed E-state index contributed by atoms with van der Waals surface area (Å²) in [5.74, 6) is -0.147. The number of carbonyl (C=O) groups excluding carboxylic acids is 2. The van der Waals surface area contributed by atoms with Crippen molar-refractivity contribution in [2.75, 3.05) is 10.6 Å². The van der Waals surface area contributed by atoms with Gasteiger partial charge in [-0.25, -0.2) is 0 Å². The standard InChI is InChI=1S/C14H18Br2N2O2/c1-3-11(15)13(19)17-9-5-7-10(8-6-9)18-14(20)12(16)4-2/h5-8,11-12H,3-4H2,1-2H3,(H,17,19)(H,18,20)/t11-,12-/m1/s1. The Bertz CT molecular complexity index is 420. The van der Waals surface area contributed by atoms with E-state index in [4.69, 9.17) is 0 Å². The molecule has 2 amide bonds. The SMILES string of the molecule is CC[C@@H](Br)C(=O)Nc1ccc(NC(=O)[C@H](Br)CC)cc1. The maximum Gasteiger partial charge on any atom is 0.238 e. The molecule has 1 aromatic rings. The Labute approximate surface area is 136 Å². The number of amides is 2. The van der Waals surface area contributed by atoms with Gasteiger partial charge in [0.15, 0.2) is 0 Å². The first-order valence-electron chi connectivity index (χ1n) is 6.47. The highest BCUT2D eigenvalue weighted by atomic mass is 79.9. The van der Waals surface area contributed by atoms with Gasteiger partial charge in [-0.05, 0) is 37.1 Å². The van der Waals surface area contributed by atoms with Gasteiger partial charge in [-0.15, -0.1) is 0 Å². The molecule has 1 rings (SSSR count). The number of carbonyl (C=O) groups is 2. The summed E-state index contributed by atoms with van der Waals surface area (Å²) >= 11 is 6.59. The maximum absolute atomic E-state index is 11.7. The minimum absolute atomic E-state index is 0.0733. The predicted octanol–water partition coefficient (Wildman–Crippen LogP) is 3.91. The lowest BCUT2D eigenvalue weighted by atomic mass is 10.2. The lowest BCUT2D eigenvalue weighted by Crippen LogP contribution is -2.22. The molecule has 0 unspecified atom stereocenters. The molecular weight excluding hydrogens is 388 g/mol. The van der Waals surface area contributed by atoms with Crippen molar-refractivity contribution in [2.24, 2.45) is 0 Å². The summed E-state index contributed by atoms with van der Waals surface area (Å²) < 4.78 is 0. The van der Waals surface area contributed by atoms with Crippen molar-refractivity contribution >= 4 is 55.0 Å². The largest absolute Gasteiger partial charge is 0.325 e. The fourth-order valence-electron chi connectivity index (χ4n) is 1.45. The highest BCUT2D eigenvalue weighted by molar-refractivity contribution is 9.10. The second-order valence-electron chi connectivity index (χ2n) is 4.31. The number of hydrogen-bond donors (Lipinski definition) is 2. The van der Waals surface area contributed by atoms with Gasteiger partial charge in [-0.2, -0.15) is 0 Å². The van der Waals surface area contributed by atoms with E-state index in [1.807, 2.05) is 13.8 Å². The molecule has 2 N–H and O–H groups in total. The first-order valence-corrected chi connectivity index (χ1v) is 8.31. The van der Waals surface area contributed by atoms with Crippen LogP contribution in [0.1, 0.15) is 26.7 Å². The van der Waals surface area contributed by atoms with Crippen molar-refractivity contribution in [3.63, 3.8) is 0 Å². The normalized spacial score (nSPS) is 13.4. The van der Waals surface area contributed by atoms with Gasteiger partial charge in [0.1, 0.15) is 0 Å². The molecule has 0 radical (unpaired) electrons. The maximum atomic E-state index is 11.7. The third-order valence-corrected chi connectivity index (χ3v) is 4.83. The lowest BCUT2D eigenvalue weighted by Gasteiger charge is -2.11. The summed E-state index contributed by atoms with van der Waals surface area (Å²) in [6.07, 6.45) is 1.45. The van der Waals surface area contributed by atoms with Crippen molar-refractivity contribution in [2.45, 2.75) is 36.3 Å². The van der Waals surface area contributed by atoms with Crippen LogP contribution in [-0.2, 0) is 9.59 Å². The molecule has 0 fully saturated rings. The van der Waals surface area contributed by atoms with Crippen LogP contribution in [0.25, 0.3) is 0 Å². The van der Waals surface area contributed by atoms with Crippen molar-refractivity contribution < 1.29 is 9.59 Å². The third kappa shape index (κ3) is 5.25. The highest BCUT2D eigenvalue weighted by Crippen LogP contribution is 2.17. The molecule has 0 spiro atoms. The number of hydrogen-bond acceptors (Lipinski definition) is 2. The average molecular weight is 406 g/mol. The number of nitrogens with one attached hydrogen (secondary N) is 2. The van der Waals surface area contributed by atoms with Crippen LogP contribution in [0.4, 0.5) is 11.4 Å². The third-order valence-electron chi connectivity index (χ3n) is 2.71. The Hall–Kier alpha value is -0.880. The first-order chi connectivity index (χ1) is 9.47. The zero-order valence-corrected chi connectivity index (χ0v) is 14.6. The lowest BCUT2D eigenvalue weighted by molar-refractivity contribution is -0.116. The molecule has 2 atom stereocenters. The summed E-state index contributed by atoms with van der Waals surface area (Å²) in [5.41, 5.74) is 1.41. The van der Waals surface area contributed by atoms with Gasteiger partial charge < -0.3 is 10.6 Å². The number of alkyl halides is 2. The van der Waals surface area contributed by atoms with E-state index in [-0.39, 0.29) is 21.5 Å². The van der Waals surface area contributed by atoms with E-state index < -0.39 is 0 Å². The van der Waals surface area contributed by atoms with Gasteiger partial charge in [-0.1, -0.05) is 45.7 Å². The minimum atomic E-state index is -0.194. The van der Waals surface area contributed by atoms with Crippen LogP contribution in [0, 0.1) is 0 Å². The van der Waals surface area contributed by atoms with Gasteiger partial charge in [0.25, 0.3) is 0 Å². The van der Waals surface area contributed by atoms with E-state index in [9.17, 15) is 9.59 Å². The molecule has 0 saturated carbocycles. The predicted molar refractivity (Wildman–Crippen MR) is 89.7 cm³/mol. The van der Waals surface area contributed by atoms with Crippen LogP contribution in [0.5, 0.6) is 0 Å². The van der Waals surface area contributed by atoms with E-state index in [0.717, 1.165) is 12.8 Å². The summed E-state index contributed by atoms with van der Waals surface area (Å²) in [6.45, 7) is 3.87. The smallest absolute Gasteiger partial charge is 0.238 e. The van der Waals surface area contributed by atoms with Crippen molar-refractivity contribution in [3.8, 4) is 0 Å². The van der Waals surface area contributed by atoms with Gasteiger partial charge >= 0.3 is 0 Å². The first kappa shape index (κ1) is 17.2. The Morgan fingerprint density at radius 3 is 1.45 bits per heavy atom. The molecule has 0 bridgehead atoms. The zero-order chi connectivity index (χ0) is 15.1. The second kappa shape index (κ2) is 8.42. The van der Waals surface area contributed by atoms with Crippen LogP contribution in [-0.4, -0.2) is 21.5 Å². The van der Waals surface area contributed by atoms with Gasteiger partial charge in [0.2, 0.25) is 11.8 Å². The van der Waals surface area contributed by atoms with E-state index >= 15 is 0 Å². The Kier molecular flexibility index (Phi) is 7.23. The molecule has 0 aromatic heterocycles. The monoisotopic (exact) mass is 404 g/mol. The van der Waals surface area contributed by atoms with E-state index in [2.05, 4.69) is 42.5 Å². The summed E-state index contributed by atoms with van der Waals surface area (Å²) in [5, 5.41) is 5.60. The van der Waals surface area contributed by atoms with Crippen LogP contribution in [0.15, 0.2) is 24.3 Å². The average Bonchev–Trinajstić information content (AvgIpc) is 2.47. The molecule has 0 aliphatic carbocycles. The summed E-state index contributed by atoms with van der Waals surface area (Å²) in [6, 6.07) is 7.05. The van der Waals surface area contributed by atoms with E-state index in [0.29, 0.717) is 11.4 Å². The van der Waals surface area contributed by atoms with E-state index in [1.54, 1.807) is 24.3 Å². The molecule has 110 valence electrons. The molecule has 0 heterocycles. The molecule has 4 nitrogen and oxygen atoms in total. The quantitative estimate of drug-likeness (QED) is 0.705. The number of halogens is 2. The minimum Gasteiger partial charge on any atom is -0.325 e.